The number of likely N-dealkylation sites (tertiary alicyclic amines) is 1. The monoisotopic (exact) mass is 380 g/mol. The molecule has 146 valence electrons. The summed E-state index contributed by atoms with van der Waals surface area (Å²) in [6, 6.07) is 8.22. The van der Waals surface area contributed by atoms with Gasteiger partial charge in [-0.2, -0.15) is 13.2 Å². The van der Waals surface area contributed by atoms with E-state index in [2.05, 4.69) is 4.90 Å². The summed E-state index contributed by atoms with van der Waals surface area (Å²) in [6.07, 6.45) is 1.08. The van der Waals surface area contributed by atoms with E-state index in [4.69, 9.17) is 4.74 Å². The van der Waals surface area contributed by atoms with Crippen LogP contribution in [0.25, 0.3) is 5.69 Å². The molecule has 2 aromatic rings. The van der Waals surface area contributed by atoms with Crippen LogP contribution in [-0.2, 0) is 6.18 Å². The van der Waals surface area contributed by atoms with Gasteiger partial charge in [-0.1, -0.05) is 6.42 Å². The summed E-state index contributed by atoms with van der Waals surface area (Å²) in [5.41, 5.74) is -1.01. The smallest absolute Gasteiger partial charge is 0.417 e. The average molecular weight is 380 g/mol. The number of hydrogen-bond acceptors (Lipinski definition) is 3. The summed E-state index contributed by atoms with van der Waals surface area (Å²) >= 11 is 0. The summed E-state index contributed by atoms with van der Waals surface area (Å²) in [5.74, 6) is 0.636. The first kappa shape index (κ1) is 19.5. The van der Waals surface area contributed by atoms with Crippen molar-refractivity contribution < 1.29 is 17.9 Å². The standard InChI is InChI=1S/C20H23F3N2O2/c21-20(22,23)16-5-10-19(26)25(15-16)17-6-8-18(9-7-17)27-14-4-13-24-11-2-1-3-12-24/h5-10,15H,1-4,11-14H2. The van der Waals surface area contributed by atoms with E-state index < -0.39 is 17.3 Å². The SMILES string of the molecule is O=c1ccc(C(F)(F)F)cn1-c1ccc(OCCCN2CCCCC2)cc1. The van der Waals surface area contributed by atoms with Crippen molar-refractivity contribution in [3.8, 4) is 11.4 Å². The van der Waals surface area contributed by atoms with Gasteiger partial charge in [0.05, 0.1) is 12.2 Å². The van der Waals surface area contributed by atoms with E-state index in [1.807, 2.05) is 0 Å². The van der Waals surface area contributed by atoms with Gasteiger partial charge in [0.2, 0.25) is 0 Å². The fourth-order valence-corrected chi connectivity index (χ4v) is 3.22. The largest absolute Gasteiger partial charge is 0.494 e. The number of rotatable bonds is 6. The van der Waals surface area contributed by atoms with Gasteiger partial charge in [0.25, 0.3) is 5.56 Å². The van der Waals surface area contributed by atoms with Gasteiger partial charge in [0.1, 0.15) is 5.75 Å². The van der Waals surface area contributed by atoms with E-state index >= 15 is 0 Å². The lowest BCUT2D eigenvalue weighted by Crippen LogP contribution is -2.31. The number of hydrogen-bond donors (Lipinski definition) is 0. The van der Waals surface area contributed by atoms with E-state index in [9.17, 15) is 18.0 Å². The highest BCUT2D eigenvalue weighted by molar-refractivity contribution is 5.38. The number of pyridine rings is 1. The second kappa shape index (κ2) is 8.61. The minimum Gasteiger partial charge on any atom is -0.494 e. The van der Waals surface area contributed by atoms with Crippen LogP contribution in [0, 0.1) is 0 Å². The van der Waals surface area contributed by atoms with Crippen molar-refractivity contribution in [2.24, 2.45) is 0 Å². The van der Waals surface area contributed by atoms with Gasteiger partial charge < -0.3 is 9.64 Å². The molecule has 0 spiro atoms. The Balaban J connectivity index is 1.58. The van der Waals surface area contributed by atoms with Crippen LogP contribution in [0.15, 0.2) is 47.4 Å². The molecule has 1 aliphatic rings. The van der Waals surface area contributed by atoms with Crippen molar-refractivity contribution in [1.82, 2.24) is 9.47 Å². The number of halogens is 3. The van der Waals surface area contributed by atoms with E-state index in [1.54, 1.807) is 24.3 Å². The van der Waals surface area contributed by atoms with Crippen LogP contribution < -0.4 is 10.3 Å². The molecule has 1 aromatic heterocycles. The van der Waals surface area contributed by atoms with Crippen LogP contribution in [-0.4, -0.2) is 35.7 Å². The third-order valence-corrected chi connectivity index (χ3v) is 4.69. The number of nitrogens with zero attached hydrogens (tertiary/aromatic N) is 2. The Hall–Kier alpha value is -2.28. The maximum atomic E-state index is 12.8. The Morgan fingerprint density at radius 3 is 2.33 bits per heavy atom. The molecule has 7 heteroatoms. The number of ether oxygens (including phenoxy) is 1. The Bertz CT molecular complexity index is 794. The molecule has 1 saturated heterocycles. The molecule has 4 nitrogen and oxygen atoms in total. The molecule has 0 saturated carbocycles. The highest BCUT2D eigenvalue weighted by Crippen LogP contribution is 2.28. The quantitative estimate of drug-likeness (QED) is 0.708. The Labute approximate surface area is 156 Å². The van der Waals surface area contributed by atoms with Crippen LogP contribution in [0.4, 0.5) is 13.2 Å². The molecule has 0 N–H and O–H groups in total. The highest BCUT2D eigenvalue weighted by Gasteiger charge is 2.31. The first-order chi connectivity index (χ1) is 12.9. The molecule has 1 aliphatic heterocycles. The van der Waals surface area contributed by atoms with Gasteiger partial charge >= 0.3 is 6.18 Å². The maximum absolute atomic E-state index is 12.8. The molecule has 0 aliphatic carbocycles. The molecule has 0 bridgehead atoms. The van der Waals surface area contributed by atoms with Gasteiger partial charge in [-0.15, -0.1) is 0 Å². The van der Waals surface area contributed by atoms with E-state index in [0.29, 0.717) is 18.0 Å². The topological polar surface area (TPSA) is 34.5 Å². The third-order valence-electron chi connectivity index (χ3n) is 4.69. The zero-order valence-corrected chi connectivity index (χ0v) is 15.0. The zero-order chi connectivity index (χ0) is 19.3. The molecular weight excluding hydrogens is 357 g/mol. The molecule has 1 aromatic carbocycles. The summed E-state index contributed by atoms with van der Waals surface area (Å²) < 4.78 is 45.2. The number of aromatic nitrogens is 1. The van der Waals surface area contributed by atoms with E-state index in [0.717, 1.165) is 49.0 Å². The van der Waals surface area contributed by atoms with Gasteiger partial charge in [0, 0.05) is 24.5 Å². The lowest BCUT2D eigenvalue weighted by atomic mass is 10.1. The van der Waals surface area contributed by atoms with Crippen molar-refractivity contribution in [2.45, 2.75) is 31.9 Å². The van der Waals surface area contributed by atoms with Crippen LogP contribution in [0.3, 0.4) is 0 Å². The van der Waals surface area contributed by atoms with Crippen LogP contribution in [0.5, 0.6) is 5.75 Å². The van der Waals surface area contributed by atoms with Crippen LogP contribution in [0.1, 0.15) is 31.2 Å². The zero-order valence-electron chi connectivity index (χ0n) is 15.0. The van der Waals surface area contributed by atoms with Crippen molar-refractivity contribution in [3.05, 3.63) is 58.5 Å². The van der Waals surface area contributed by atoms with Gasteiger partial charge in [-0.05, 0) is 62.7 Å². The fraction of sp³-hybridized carbons (Fsp3) is 0.450. The number of benzene rings is 1. The lowest BCUT2D eigenvalue weighted by Gasteiger charge is -2.26. The summed E-state index contributed by atoms with van der Waals surface area (Å²) in [4.78, 5) is 14.3. The minimum absolute atomic E-state index is 0.367. The van der Waals surface area contributed by atoms with Gasteiger partial charge in [-0.25, -0.2) is 0 Å². The lowest BCUT2D eigenvalue weighted by molar-refractivity contribution is -0.138. The number of alkyl halides is 3. The normalized spacial score (nSPS) is 15.7. The minimum atomic E-state index is -4.49. The van der Waals surface area contributed by atoms with Crippen molar-refractivity contribution >= 4 is 0 Å². The van der Waals surface area contributed by atoms with Crippen molar-refractivity contribution in [3.63, 3.8) is 0 Å². The Kier molecular flexibility index (Phi) is 6.21. The van der Waals surface area contributed by atoms with E-state index in [1.165, 1.54) is 19.3 Å². The molecule has 1 fully saturated rings. The van der Waals surface area contributed by atoms with E-state index in [-0.39, 0.29) is 0 Å². The molecule has 2 heterocycles. The fourth-order valence-electron chi connectivity index (χ4n) is 3.22. The second-order valence-electron chi connectivity index (χ2n) is 6.72. The molecule has 27 heavy (non-hydrogen) atoms. The van der Waals surface area contributed by atoms with Crippen LogP contribution >= 0.6 is 0 Å². The predicted octanol–water partition coefficient (Wildman–Crippen LogP) is 4.11. The molecule has 0 radical (unpaired) electrons. The highest BCUT2D eigenvalue weighted by atomic mass is 19.4. The van der Waals surface area contributed by atoms with Gasteiger partial charge in [-0.3, -0.25) is 9.36 Å². The second-order valence-corrected chi connectivity index (χ2v) is 6.72. The number of piperidine rings is 1. The third kappa shape index (κ3) is 5.35. The Morgan fingerprint density at radius 1 is 0.963 bits per heavy atom. The average Bonchev–Trinajstić information content (AvgIpc) is 2.66. The summed E-state index contributed by atoms with van der Waals surface area (Å²) in [7, 11) is 0. The molecule has 0 unspecified atom stereocenters. The Morgan fingerprint density at radius 2 is 1.67 bits per heavy atom. The van der Waals surface area contributed by atoms with Crippen LogP contribution in [0.2, 0.25) is 0 Å². The summed E-state index contributed by atoms with van der Waals surface area (Å²) in [5, 5.41) is 0. The molecular formula is C20H23F3N2O2. The molecule has 3 rings (SSSR count). The van der Waals surface area contributed by atoms with Gasteiger partial charge in [0.15, 0.2) is 0 Å². The summed E-state index contributed by atoms with van der Waals surface area (Å²) in [6.45, 7) is 3.90. The van der Waals surface area contributed by atoms with Crippen molar-refractivity contribution in [1.29, 1.82) is 0 Å². The molecule has 0 amide bonds. The van der Waals surface area contributed by atoms with Crippen molar-refractivity contribution in [2.75, 3.05) is 26.2 Å². The maximum Gasteiger partial charge on any atom is 0.417 e. The molecule has 0 atom stereocenters. The first-order valence-electron chi connectivity index (χ1n) is 9.19. The predicted molar refractivity (Wildman–Crippen MR) is 97.4 cm³/mol. The first-order valence-corrected chi connectivity index (χ1v) is 9.19.